The molecule has 0 spiro atoms. The van der Waals surface area contributed by atoms with Gasteiger partial charge in [-0.25, -0.2) is 0 Å². The van der Waals surface area contributed by atoms with Crippen molar-refractivity contribution in [3.8, 4) is 23.1 Å². The predicted molar refractivity (Wildman–Crippen MR) is 76.9 cm³/mol. The van der Waals surface area contributed by atoms with Crippen molar-refractivity contribution in [3.63, 3.8) is 0 Å². The third kappa shape index (κ3) is 2.45. The van der Waals surface area contributed by atoms with Gasteiger partial charge < -0.3 is 4.52 Å². The highest BCUT2D eigenvalue weighted by Gasteiger charge is 2.12. The zero-order valence-electron chi connectivity index (χ0n) is 11.0. The van der Waals surface area contributed by atoms with Crippen molar-refractivity contribution in [2.75, 3.05) is 0 Å². The molecule has 0 aliphatic rings. The van der Waals surface area contributed by atoms with Crippen LogP contribution in [0.15, 0.2) is 59.4 Å². The van der Waals surface area contributed by atoms with E-state index in [9.17, 15) is 0 Å². The lowest BCUT2D eigenvalue weighted by molar-refractivity contribution is 0.399. The maximum atomic E-state index is 5.27. The quantitative estimate of drug-likeness (QED) is 0.629. The van der Waals surface area contributed by atoms with Crippen LogP contribution in [0.5, 0.6) is 0 Å². The SMILES string of the molecule is Cc1onc(-c2ccccc2)c1C#Cc1cccnc1. The summed E-state index contributed by atoms with van der Waals surface area (Å²) >= 11 is 0. The third-order valence-corrected chi connectivity index (χ3v) is 2.90. The highest BCUT2D eigenvalue weighted by atomic mass is 16.5. The van der Waals surface area contributed by atoms with Gasteiger partial charge in [0.05, 0.1) is 5.56 Å². The van der Waals surface area contributed by atoms with E-state index in [-0.39, 0.29) is 0 Å². The molecule has 0 saturated heterocycles. The minimum atomic E-state index is 0.722. The Bertz CT molecular complexity index is 765. The number of hydrogen-bond acceptors (Lipinski definition) is 3. The predicted octanol–water partition coefficient (Wildman–Crippen LogP) is 3.44. The van der Waals surface area contributed by atoms with Crippen molar-refractivity contribution < 1.29 is 4.52 Å². The van der Waals surface area contributed by atoms with Crippen molar-refractivity contribution in [2.45, 2.75) is 6.92 Å². The maximum Gasteiger partial charge on any atom is 0.149 e. The minimum absolute atomic E-state index is 0.722. The lowest BCUT2D eigenvalue weighted by atomic mass is 10.1. The van der Waals surface area contributed by atoms with Gasteiger partial charge in [0, 0.05) is 23.5 Å². The Labute approximate surface area is 117 Å². The molecule has 0 amide bonds. The molecule has 3 aromatic rings. The van der Waals surface area contributed by atoms with E-state index in [1.54, 1.807) is 12.4 Å². The second-order valence-corrected chi connectivity index (χ2v) is 4.32. The molecule has 20 heavy (non-hydrogen) atoms. The van der Waals surface area contributed by atoms with E-state index in [0.717, 1.165) is 28.1 Å². The van der Waals surface area contributed by atoms with Crippen LogP contribution in [-0.2, 0) is 0 Å². The zero-order chi connectivity index (χ0) is 13.8. The molecule has 3 nitrogen and oxygen atoms in total. The topological polar surface area (TPSA) is 38.9 Å². The second-order valence-electron chi connectivity index (χ2n) is 4.32. The van der Waals surface area contributed by atoms with Crippen molar-refractivity contribution in [1.29, 1.82) is 0 Å². The Morgan fingerprint density at radius 2 is 1.85 bits per heavy atom. The Morgan fingerprint density at radius 1 is 1.00 bits per heavy atom. The van der Waals surface area contributed by atoms with E-state index >= 15 is 0 Å². The van der Waals surface area contributed by atoms with Crippen LogP contribution in [0.2, 0.25) is 0 Å². The molecule has 0 saturated carbocycles. The summed E-state index contributed by atoms with van der Waals surface area (Å²) in [4.78, 5) is 4.05. The molecule has 2 aromatic heterocycles. The number of aromatic nitrogens is 2. The summed E-state index contributed by atoms with van der Waals surface area (Å²) in [6.07, 6.45) is 3.46. The lowest BCUT2D eigenvalue weighted by Gasteiger charge is -1.95. The van der Waals surface area contributed by atoms with Gasteiger partial charge >= 0.3 is 0 Å². The normalized spacial score (nSPS) is 9.85. The zero-order valence-corrected chi connectivity index (χ0v) is 11.0. The lowest BCUT2D eigenvalue weighted by Crippen LogP contribution is -1.83. The summed E-state index contributed by atoms with van der Waals surface area (Å²) in [5.41, 5.74) is 3.46. The van der Waals surface area contributed by atoms with E-state index < -0.39 is 0 Å². The van der Waals surface area contributed by atoms with Gasteiger partial charge in [-0.3, -0.25) is 4.98 Å². The monoisotopic (exact) mass is 260 g/mol. The van der Waals surface area contributed by atoms with Crippen LogP contribution in [-0.4, -0.2) is 10.1 Å². The van der Waals surface area contributed by atoms with Crippen LogP contribution in [0.25, 0.3) is 11.3 Å². The molecule has 0 radical (unpaired) electrons. The molecule has 2 heterocycles. The number of benzene rings is 1. The first-order valence-corrected chi connectivity index (χ1v) is 6.28. The van der Waals surface area contributed by atoms with E-state index in [1.807, 2.05) is 49.4 Å². The van der Waals surface area contributed by atoms with Crippen molar-refractivity contribution in [3.05, 3.63) is 71.7 Å². The van der Waals surface area contributed by atoms with Gasteiger partial charge in [-0.05, 0) is 19.1 Å². The molecule has 0 N–H and O–H groups in total. The first-order chi connectivity index (χ1) is 9.84. The molecule has 0 atom stereocenters. The van der Waals surface area contributed by atoms with E-state index in [4.69, 9.17) is 4.52 Å². The average Bonchev–Trinajstić information content (AvgIpc) is 2.88. The van der Waals surface area contributed by atoms with Crippen LogP contribution in [0.1, 0.15) is 16.9 Å². The second kappa shape index (κ2) is 5.41. The molecular weight excluding hydrogens is 248 g/mol. The summed E-state index contributed by atoms with van der Waals surface area (Å²) < 4.78 is 5.27. The number of rotatable bonds is 1. The molecular formula is C17H12N2O. The van der Waals surface area contributed by atoms with Gasteiger partial charge in [0.15, 0.2) is 0 Å². The molecule has 96 valence electrons. The van der Waals surface area contributed by atoms with E-state index in [0.29, 0.717) is 0 Å². The molecule has 0 aliphatic carbocycles. The van der Waals surface area contributed by atoms with Crippen molar-refractivity contribution in [1.82, 2.24) is 10.1 Å². The van der Waals surface area contributed by atoms with Gasteiger partial charge in [0.2, 0.25) is 0 Å². The molecule has 0 fully saturated rings. The molecule has 0 aliphatic heterocycles. The summed E-state index contributed by atoms with van der Waals surface area (Å²) in [5.74, 6) is 6.94. The van der Waals surface area contributed by atoms with Crippen molar-refractivity contribution >= 4 is 0 Å². The van der Waals surface area contributed by atoms with E-state index in [2.05, 4.69) is 22.0 Å². The third-order valence-electron chi connectivity index (χ3n) is 2.90. The fourth-order valence-corrected chi connectivity index (χ4v) is 1.88. The fourth-order valence-electron chi connectivity index (χ4n) is 1.88. The summed E-state index contributed by atoms with van der Waals surface area (Å²) in [6.45, 7) is 1.87. The van der Waals surface area contributed by atoms with Crippen LogP contribution < -0.4 is 0 Å². The summed E-state index contributed by atoms with van der Waals surface area (Å²) in [5, 5.41) is 4.11. The smallest absolute Gasteiger partial charge is 0.149 e. The highest BCUT2D eigenvalue weighted by Crippen LogP contribution is 2.24. The van der Waals surface area contributed by atoms with Gasteiger partial charge in [0.1, 0.15) is 11.5 Å². The van der Waals surface area contributed by atoms with E-state index in [1.165, 1.54) is 0 Å². The van der Waals surface area contributed by atoms with Crippen molar-refractivity contribution in [2.24, 2.45) is 0 Å². The Kier molecular flexibility index (Phi) is 3.30. The summed E-state index contributed by atoms with van der Waals surface area (Å²) in [6, 6.07) is 13.7. The molecule has 3 heteroatoms. The van der Waals surface area contributed by atoms with Gasteiger partial charge in [-0.2, -0.15) is 0 Å². The van der Waals surface area contributed by atoms with Crippen LogP contribution in [0.3, 0.4) is 0 Å². The van der Waals surface area contributed by atoms with Crippen LogP contribution in [0, 0.1) is 18.8 Å². The molecule has 0 bridgehead atoms. The van der Waals surface area contributed by atoms with Gasteiger partial charge in [-0.1, -0.05) is 47.3 Å². The van der Waals surface area contributed by atoms with Crippen LogP contribution in [0.4, 0.5) is 0 Å². The Balaban J connectivity index is 2.03. The number of pyridine rings is 1. The van der Waals surface area contributed by atoms with Crippen LogP contribution >= 0.6 is 0 Å². The first-order valence-electron chi connectivity index (χ1n) is 6.28. The Morgan fingerprint density at radius 3 is 2.60 bits per heavy atom. The first kappa shape index (κ1) is 12.2. The maximum absolute atomic E-state index is 5.27. The molecule has 0 unspecified atom stereocenters. The summed E-state index contributed by atoms with van der Waals surface area (Å²) in [7, 11) is 0. The largest absolute Gasteiger partial charge is 0.360 e. The average molecular weight is 260 g/mol. The number of hydrogen-bond donors (Lipinski definition) is 0. The van der Waals surface area contributed by atoms with Gasteiger partial charge in [-0.15, -0.1) is 0 Å². The van der Waals surface area contributed by atoms with Gasteiger partial charge in [0.25, 0.3) is 0 Å². The number of aryl methyl sites for hydroxylation is 1. The fraction of sp³-hybridized carbons (Fsp3) is 0.0588. The minimum Gasteiger partial charge on any atom is -0.360 e. The Hall–Kier alpha value is -2.86. The molecule has 1 aromatic carbocycles. The standard InChI is InChI=1S/C17H12N2O/c1-13-16(10-9-14-6-5-11-18-12-14)17(19-20-13)15-7-3-2-4-8-15/h2-8,11-12H,1H3. The number of nitrogens with zero attached hydrogens (tertiary/aromatic N) is 2. The highest BCUT2D eigenvalue weighted by molar-refractivity contribution is 5.68. The molecule has 3 rings (SSSR count).